The summed E-state index contributed by atoms with van der Waals surface area (Å²) in [5.41, 5.74) is 5.27. The largest absolute Gasteiger partial charge is 0.435 e. The Morgan fingerprint density at radius 1 is 1.50 bits per heavy atom. The maximum atomic E-state index is 9.00. The smallest absolute Gasteiger partial charge is 0.169 e. The summed E-state index contributed by atoms with van der Waals surface area (Å²) in [6, 6.07) is 1.01. The Morgan fingerprint density at radius 3 is 2.70 bits per heavy atom. The van der Waals surface area contributed by atoms with Crippen LogP contribution in [0.1, 0.15) is 6.42 Å². The van der Waals surface area contributed by atoms with Crippen LogP contribution in [0.5, 0.6) is 0 Å². The lowest BCUT2D eigenvalue weighted by Crippen LogP contribution is -2.24. The Labute approximate surface area is 64.3 Å². The molecule has 0 saturated carbocycles. The minimum atomic E-state index is -1.29. The summed E-state index contributed by atoms with van der Waals surface area (Å²) in [5.74, 6) is 0. The van der Waals surface area contributed by atoms with E-state index in [1.54, 1.807) is 0 Å². The van der Waals surface area contributed by atoms with E-state index in [1.807, 2.05) is 6.55 Å². The molecular weight excluding hydrogens is 144 g/mol. The van der Waals surface area contributed by atoms with Crippen LogP contribution >= 0.6 is 0 Å². The van der Waals surface area contributed by atoms with E-state index < -0.39 is 9.04 Å². The number of rotatable bonds is 6. The van der Waals surface area contributed by atoms with Gasteiger partial charge >= 0.3 is 0 Å². The van der Waals surface area contributed by atoms with Gasteiger partial charge in [-0.25, -0.2) is 0 Å². The molecule has 0 spiro atoms. The minimum Gasteiger partial charge on any atom is -0.435 e. The van der Waals surface area contributed by atoms with Crippen molar-refractivity contribution in [3.63, 3.8) is 0 Å². The van der Waals surface area contributed by atoms with Crippen molar-refractivity contribution in [3.05, 3.63) is 0 Å². The minimum absolute atomic E-state index is 0.701. The van der Waals surface area contributed by atoms with Gasteiger partial charge in [-0.1, -0.05) is 0 Å². The maximum absolute atomic E-state index is 9.00. The van der Waals surface area contributed by atoms with Gasteiger partial charge in [0.15, 0.2) is 9.04 Å². The van der Waals surface area contributed by atoms with E-state index in [-0.39, 0.29) is 0 Å². The van der Waals surface area contributed by atoms with Gasteiger partial charge in [-0.15, -0.1) is 0 Å². The zero-order valence-electron chi connectivity index (χ0n) is 6.64. The van der Waals surface area contributed by atoms with Crippen LogP contribution < -0.4 is 11.1 Å². The Bertz CT molecular complexity index is 70.8. The first-order valence-corrected chi connectivity index (χ1v) is 6.35. The predicted molar refractivity (Wildman–Crippen MR) is 46.6 cm³/mol. The fourth-order valence-corrected chi connectivity index (χ4v) is 1.54. The summed E-state index contributed by atoms with van der Waals surface area (Å²) < 4.78 is 0. The summed E-state index contributed by atoms with van der Waals surface area (Å²) in [4.78, 5) is 9.00. The first kappa shape index (κ1) is 10.1. The second-order valence-electron chi connectivity index (χ2n) is 2.53. The van der Waals surface area contributed by atoms with E-state index in [9.17, 15) is 0 Å². The highest BCUT2D eigenvalue weighted by atomic mass is 28.3. The van der Waals surface area contributed by atoms with Gasteiger partial charge in [-0.2, -0.15) is 0 Å². The normalized spacial score (nSPS) is 13.5. The molecule has 0 saturated heterocycles. The van der Waals surface area contributed by atoms with Gasteiger partial charge in [-0.3, -0.25) is 0 Å². The van der Waals surface area contributed by atoms with E-state index in [4.69, 9.17) is 10.5 Å². The monoisotopic (exact) mass is 162 g/mol. The third-order valence-corrected chi connectivity index (χ3v) is 2.54. The number of nitrogens with one attached hydrogen (secondary N) is 1. The Morgan fingerprint density at radius 2 is 2.20 bits per heavy atom. The standard InChI is InChI=1S/C6H18N2OSi/c1-10(9)6-2-4-8-5-3-7/h8-10H,2-7H2,1H3. The summed E-state index contributed by atoms with van der Waals surface area (Å²) in [6.07, 6.45) is 1.09. The fourth-order valence-electron chi connectivity index (χ4n) is 0.750. The highest BCUT2D eigenvalue weighted by Crippen LogP contribution is 1.91. The first-order chi connectivity index (χ1) is 4.77. The summed E-state index contributed by atoms with van der Waals surface area (Å²) >= 11 is 0. The lowest BCUT2D eigenvalue weighted by Gasteiger charge is -2.02. The molecule has 4 heteroatoms. The molecule has 0 radical (unpaired) electrons. The van der Waals surface area contributed by atoms with Crippen molar-refractivity contribution in [1.29, 1.82) is 0 Å². The van der Waals surface area contributed by atoms with Crippen LogP contribution in [0, 0.1) is 0 Å². The Kier molecular flexibility index (Phi) is 7.28. The van der Waals surface area contributed by atoms with Crippen molar-refractivity contribution in [1.82, 2.24) is 5.32 Å². The SMILES string of the molecule is C[SiH](O)CCCNCCN. The number of hydrogen-bond donors (Lipinski definition) is 3. The van der Waals surface area contributed by atoms with Gasteiger partial charge in [0.25, 0.3) is 0 Å². The van der Waals surface area contributed by atoms with Crippen molar-refractivity contribution in [3.8, 4) is 0 Å². The second-order valence-corrected chi connectivity index (χ2v) is 4.81. The Hall–Kier alpha value is 0.0969. The molecule has 4 N–H and O–H groups in total. The van der Waals surface area contributed by atoms with E-state index in [0.717, 1.165) is 25.6 Å². The van der Waals surface area contributed by atoms with E-state index in [0.29, 0.717) is 6.54 Å². The van der Waals surface area contributed by atoms with Crippen LogP contribution in [0.3, 0.4) is 0 Å². The van der Waals surface area contributed by atoms with Gasteiger partial charge < -0.3 is 15.8 Å². The molecule has 0 heterocycles. The molecule has 1 unspecified atom stereocenters. The van der Waals surface area contributed by atoms with Crippen molar-refractivity contribution < 1.29 is 4.80 Å². The van der Waals surface area contributed by atoms with Gasteiger partial charge in [0.2, 0.25) is 0 Å². The topological polar surface area (TPSA) is 58.3 Å². The molecule has 3 nitrogen and oxygen atoms in total. The molecule has 0 bridgehead atoms. The van der Waals surface area contributed by atoms with Crippen molar-refractivity contribution >= 4 is 9.04 Å². The summed E-state index contributed by atoms with van der Waals surface area (Å²) in [5, 5.41) is 3.18. The summed E-state index contributed by atoms with van der Waals surface area (Å²) in [6.45, 7) is 4.53. The molecule has 0 aromatic carbocycles. The van der Waals surface area contributed by atoms with Crippen LogP contribution in [0.25, 0.3) is 0 Å². The molecule has 10 heavy (non-hydrogen) atoms. The number of hydrogen-bond acceptors (Lipinski definition) is 3. The molecule has 0 aliphatic rings. The van der Waals surface area contributed by atoms with Gasteiger partial charge in [-0.05, 0) is 25.6 Å². The second kappa shape index (κ2) is 7.21. The lowest BCUT2D eigenvalue weighted by molar-refractivity contribution is 0.566. The Balaban J connectivity index is 2.77. The maximum Gasteiger partial charge on any atom is 0.169 e. The van der Waals surface area contributed by atoms with Gasteiger partial charge in [0.05, 0.1) is 0 Å². The van der Waals surface area contributed by atoms with E-state index in [1.165, 1.54) is 0 Å². The fraction of sp³-hybridized carbons (Fsp3) is 1.00. The van der Waals surface area contributed by atoms with Crippen molar-refractivity contribution in [2.45, 2.75) is 19.0 Å². The van der Waals surface area contributed by atoms with Crippen LogP contribution in [0.15, 0.2) is 0 Å². The molecule has 0 aliphatic carbocycles. The zero-order chi connectivity index (χ0) is 7.82. The molecule has 0 aromatic rings. The molecule has 0 rings (SSSR count). The predicted octanol–water partition coefficient (Wildman–Crippen LogP) is -0.729. The average molecular weight is 162 g/mol. The van der Waals surface area contributed by atoms with E-state index in [2.05, 4.69) is 5.32 Å². The lowest BCUT2D eigenvalue weighted by atomic mass is 10.5. The highest BCUT2D eigenvalue weighted by Gasteiger charge is 1.96. The molecule has 0 aromatic heterocycles. The van der Waals surface area contributed by atoms with Crippen LogP contribution in [-0.4, -0.2) is 33.5 Å². The highest BCUT2D eigenvalue weighted by molar-refractivity contribution is 6.48. The van der Waals surface area contributed by atoms with Gasteiger partial charge in [0, 0.05) is 13.1 Å². The summed E-state index contributed by atoms with van der Waals surface area (Å²) in [7, 11) is -1.29. The van der Waals surface area contributed by atoms with Gasteiger partial charge in [0.1, 0.15) is 0 Å². The quantitative estimate of drug-likeness (QED) is 0.356. The van der Waals surface area contributed by atoms with Crippen LogP contribution in [0.4, 0.5) is 0 Å². The molecule has 1 atom stereocenters. The van der Waals surface area contributed by atoms with Crippen LogP contribution in [-0.2, 0) is 0 Å². The zero-order valence-corrected chi connectivity index (χ0v) is 7.79. The third kappa shape index (κ3) is 8.10. The molecule has 62 valence electrons. The first-order valence-electron chi connectivity index (χ1n) is 3.86. The number of nitrogens with two attached hydrogens (primary N) is 1. The molecule has 0 aliphatic heterocycles. The molecule has 0 amide bonds. The van der Waals surface area contributed by atoms with E-state index >= 15 is 0 Å². The van der Waals surface area contributed by atoms with Crippen molar-refractivity contribution in [2.75, 3.05) is 19.6 Å². The third-order valence-electron chi connectivity index (χ3n) is 1.30. The van der Waals surface area contributed by atoms with Crippen LogP contribution in [0.2, 0.25) is 12.6 Å². The van der Waals surface area contributed by atoms with Crippen molar-refractivity contribution in [2.24, 2.45) is 5.73 Å². The molecular formula is C6H18N2OSi. The average Bonchev–Trinajstić information content (AvgIpc) is 1.87. The molecule has 0 fully saturated rings.